The van der Waals surface area contributed by atoms with Gasteiger partial charge in [-0.05, 0) is 29.8 Å². The number of phenolic OH excluding ortho intramolecular Hbond substituents is 1. The molecule has 0 aliphatic rings. The highest BCUT2D eigenvalue weighted by molar-refractivity contribution is 6.28. The van der Waals surface area contributed by atoms with E-state index in [0.29, 0.717) is 0 Å². The molecule has 1 heterocycles. The number of aromatic carboxylic acids is 1. The van der Waals surface area contributed by atoms with Crippen LogP contribution < -0.4 is 5.32 Å². The van der Waals surface area contributed by atoms with Crippen molar-refractivity contribution in [3.63, 3.8) is 0 Å². The summed E-state index contributed by atoms with van der Waals surface area (Å²) in [6.07, 6.45) is 0.901. The molecule has 2 rings (SSSR count). The van der Waals surface area contributed by atoms with E-state index < -0.39 is 16.6 Å². The summed E-state index contributed by atoms with van der Waals surface area (Å²) >= 11 is 5.57. The van der Waals surface area contributed by atoms with Crippen molar-refractivity contribution >= 4 is 34.8 Å². The second kappa shape index (κ2) is 5.59. The summed E-state index contributed by atoms with van der Waals surface area (Å²) in [5.41, 5.74) is -0.735. The number of hydrogen-bond donors (Lipinski definition) is 3. The van der Waals surface area contributed by atoms with E-state index in [2.05, 4.69) is 15.3 Å². The van der Waals surface area contributed by atoms with E-state index in [0.717, 1.165) is 12.3 Å². The van der Waals surface area contributed by atoms with E-state index in [1.807, 2.05) is 0 Å². The van der Waals surface area contributed by atoms with Gasteiger partial charge in [0.25, 0.3) is 0 Å². The molecule has 108 valence electrons. The predicted molar refractivity (Wildman–Crippen MR) is 72.0 cm³/mol. The monoisotopic (exact) mass is 310 g/mol. The topological polar surface area (TPSA) is 138 Å². The van der Waals surface area contributed by atoms with Gasteiger partial charge in [-0.2, -0.15) is 4.98 Å². The van der Waals surface area contributed by atoms with Gasteiger partial charge in [0.1, 0.15) is 11.9 Å². The number of anilines is 2. The quantitative estimate of drug-likeness (QED) is 0.338. The van der Waals surface area contributed by atoms with Crippen molar-refractivity contribution in [1.82, 2.24) is 9.97 Å². The molecule has 10 heteroatoms. The van der Waals surface area contributed by atoms with E-state index in [1.54, 1.807) is 0 Å². The Bertz CT molecular complexity index is 737. The maximum Gasteiger partial charge on any atom is 0.337 e. The van der Waals surface area contributed by atoms with Crippen molar-refractivity contribution < 1.29 is 19.9 Å². The van der Waals surface area contributed by atoms with Gasteiger partial charge in [0, 0.05) is 0 Å². The van der Waals surface area contributed by atoms with Crippen LogP contribution in [-0.2, 0) is 0 Å². The summed E-state index contributed by atoms with van der Waals surface area (Å²) in [4.78, 5) is 28.4. The highest BCUT2D eigenvalue weighted by atomic mass is 35.5. The molecule has 9 nitrogen and oxygen atoms in total. The molecular formula is C11H7ClN4O5. The molecule has 0 spiro atoms. The lowest BCUT2D eigenvalue weighted by molar-refractivity contribution is -0.384. The summed E-state index contributed by atoms with van der Waals surface area (Å²) in [6, 6.07) is 3.47. The zero-order chi connectivity index (χ0) is 15.6. The van der Waals surface area contributed by atoms with Crippen LogP contribution in [0.15, 0.2) is 24.4 Å². The molecule has 0 saturated carbocycles. The van der Waals surface area contributed by atoms with Crippen molar-refractivity contribution in [1.29, 1.82) is 0 Å². The standard InChI is InChI=1S/C11H7ClN4O5/c12-11-13-4-8(16(20)21)9(15-11)14-7-2-1-5(17)3-6(7)10(18)19/h1-4,17H,(H,18,19)(H,13,14,15). The lowest BCUT2D eigenvalue weighted by atomic mass is 10.1. The van der Waals surface area contributed by atoms with Gasteiger partial charge in [0.2, 0.25) is 11.1 Å². The Hall–Kier alpha value is -2.94. The van der Waals surface area contributed by atoms with Gasteiger partial charge in [-0.25, -0.2) is 9.78 Å². The number of phenols is 1. The van der Waals surface area contributed by atoms with Crippen molar-refractivity contribution in [2.75, 3.05) is 5.32 Å². The number of halogens is 1. The first-order valence-electron chi connectivity index (χ1n) is 5.38. The van der Waals surface area contributed by atoms with Gasteiger partial charge in [0.05, 0.1) is 16.2 Å². The summed E-state index contributed by atoms with van der Waals surface area (Å²) in [6.45, 7) is 0. The molecule has 0 saturated heterocycles. The second-order valence-electron chi connectivity index (χ2n) is 3.79. The first-order chi connectivity index (χ1) is 9.88. The normalized spacial score (nSPS) is 10.1. The first-order valence-corrected chi connectivity index (χ1v) is 5.76. The van der Waals surface area contributed by atoms with Crippen molar-refractivity contribution in [2.24, 2.45) is 0 Å². The second-order valence-corrected chi connectivity index (χ2v) is 4.13. The third-order valence-electron chi connectivity index (χ3n) is 2.42. The zero-order valence-electron chi connectivity index (χ0n) is 10.1. The summed E-state index contributed by atoms with van der Waals surface area (Å²) in [7, 11) is 0. The molecule has 0 unspecified atom stereocenters. The molecule has 21 heavy (non-hydrogen) atoms. The van der Waals surface area contributed by atoms with Crippen LogP contribution in [0.25, 0.3) is 0 Å². The number of nitrogens with one attached hydrogen (secondary N) is 1. The molecule has 0 amide bonds. The Morgan fingerprint density at radius 1 is 1.43 bits per heavy atom. The maximum atomic E-state index is 11.1. The smallest absolute Gasteiger partial charge is 0.337 e. The van der Waals surface area contributed by atoms with E-state index in [4.69, 9.17) is 16.7 Å². The Morgan fingerprint density at radius 3 is 2.76 bits per heavy atom. The lowest BCUT2D eigenvalue weighted by Gasteiger charge is -2.09. The number of carboxylic acid groups (broad SMARTS) is 1. The molecule has 2 aromatic rings. The Kier molecular flexibility index (Phi) is 3.85. The maximum absolute atomic E-state index is 11.1. The molecule has 0 aliphatic heterocycles. The van der Waals surface area contributed by atoms with Crippen LogP contribution in [0.1, 0.15) is 10.4 Å². The van der Waals surface area contributed by atoms with E-state index >= 15 is 0 Å². The molecule has 0 atom stereocenters. The van der Waals surface area contributed by atoms with Crippen molar-refractivity contribution in [2.45, 2.75) is 0 Å². The van der Waals surface area contributed by atoms with Gasteiger partial charge in [-0.3, -0.25) is 10.1 Å². The highest BCUT2D eigenvalue weighted by Gasteiger charge is 2.19. The fourth-order valence-electron chi connectivity index (χ4n) is 1.53. The number of aromatic nitrogens is 2. The number of rotatable bonds is 4. The van der Waals surface area contributed by atoms with E-state index in [-0.39, 0.29) is 28.1 Å². The zero-order valence-corrected chi connectivity index (χ0v) is 10.9. The Labute approximate surface area is 122 Å². The van der Waals surface area contributed by atoms with Crippen LogP contribution in [0, 0.1) is 10.1 Å². The van der Waals surface area contributed by atoms with Gasteiger partial charge >= 0.3 is 11.7 Å². The minimum Gasteiger partial charge on any atom is -0.508 e. The van der Waals surface area contributed by atoms with Crippen LogP contribution in [0.5, 0.6) is 5.75 Å². The SMILES string of the molecule is O=C(O)c1cc(O)ccc1Nc1nc(Cl)ncc1[N+](=O)[O-]. The number of nitro groups is 1. The first kappa shape index (κ1) is 14.5. The van der Waals surface area contributed by atoms with Gasteiger partial charge in [-0.1, -0.05) is 0 Å². The van der Waals surface area contributed by atoms with Crippen LogP contribution in [-0.4, -0.2) is 31.1 Å². The fraction of sp³-hybridized carbons (Fsp3) is 0. The van der Waals surface area contributed by atoms with E-state index in [1.165, 1.54) is 12.1 Å². The third-order valence-corrected chi connectivity index (χ3v) is 2.61. The predicted octanol–water partition coefficient (Wildman–Crippen LogP) is 2.19. The molecule has 0 bridgehead atoms. The van der Waals surface area contributed by atoms with E-state index in [9.17, 15) is 20.0 Å². The third kappa shape index (κ3) is 3.15. The van der Waals surface area contributed by atoms with Crippen molar-refractivity contribution in [3.8, 4) is 5.75 Å². The van der Waals surface area contributed by atoms with Crippen LogP contribution >= 0.6 is 11.6 Å². The summed E-state index contributed by atoms with van der Waals surface area (Å²) in [5.74, 6) is -1.84. The molecule has 1 aromatic heterocycles. The minimum absolute atomic E-state index is 0.0122. The van der Waals surface area contributed by atoms with Gasteiger partial charge in [-0.15, -0.1) is 0 Å². The van der Waals surface area contributed by atoms with Crippen LogP contribution in [0.4, 0.5) is 17.2 Å². The Balaban J connectivity index is 2.50. The number of carbonyl (C=O) groups is 1. The number of hydrogen-bond acceptors (Lipinski definition) is 7. The number of aromatic hydroxyl groups is 1. The summed E-state index contributed by atoms with van der Waals surface area (Å²) < 4.78 is 0. The van der Waals surface area contributed by atoms with Gasteiger partial charge in [0.15, 0.2) is 0 Å². The molecule has 0 fully saturated rings. The Morgan fingerprint density at radius 2 is 2.14 bits per heavy atom. The molecule has 0 aliphatic carbocycles. The minimum atomic E-state index is -1.32. The largest absolute Gasteiger partial charge is 0.508 e. The fourth-order valence-corrected chi connectivity index (χ4v) is 1.66. The molecule has 1 aromatic carbocycles. The van der Waals surface area contributed by atoms with Crippen LogP contribution in [0.2, 0.25) is 5.28 Å². The highest BCUT2D eigenvalue weighted by Crippen LogP contribution is 2.29. The molecule has 0 radical (unpaired) electrons. The molecular weight excluding hydrogens is 304 g/mol. The summed E-state index contributed by atoms with van der Waals surface area (Å²) in [5, 5.41) is 31.5. The van der Waals surface area contributed by atoms with Crippen LogP contribution in [0.3, 0.4) is 0 Å². The van der Waals surface area contributed by atoms with Crippen molar-refractivity contribution in [3.05, 3.63) is 45.4 Å². The number of benzene rings is 1. The van der Waals surface area contributed by atoms with Gasteiger partial charge < -0.3 is 15.5 Å². The number of nitrogens with zero attached hydrogens (tertiary/aromatic N) is 3. The lowest BCUT2D eigenvalue weighted by Crippen LogP contribution is -2.06. The average Bonchev–Trinajstić information content (AvgIpc) is 2.40. The average molecular weight is 311 g/mol. The number of carboxylic acids is 1. The molecule has 3 N–H and O–H groups in total.